The predicted molar refractivity (Wildman–Crippen MR) is 73.3 cm³/mol. The Kier molecular flexibility index (Phi) is 2.83. The summed E-state index contributed by atoms with van der Waals surface area (Å²) in [5.41, 5.74) is 3.59. The molecule has 3 aromatic rings. The number of fused-ring (bicyclic) bond motifs is 1. The molecular formula is C13H14N6. The van der Waals surface area contributed by atoms with Crippen LogP contribution in [0.3, 0.4) is 0 Å². The largest absolute Gasteiger partial charge is 0.338 e. The zero-order chi connectivity index (χ0) is 13.2. The van der Waals surface area contributed by atoms with Crippen LogP contribution in [0.25, 0.3) is 11.2 Å². The van der Waals surface area contributed by atoms with Gasteiger partial charge >= 0.3 is 0 Å². The topological polar surface area (TPSA) is 68.5 Å². The van der Waals surface area contributed by atoms with Gasteiger partial charge in [-0.1, -0.05) is 23.4 Å². The molecule has 0 fully saturated rings. The van der Waals surface area contributed by atoms with Crippen molar-refractivity contribution in [1.82, 2.24) is 25.0 Å². The highest BCUT2D eigenvalue weighted by atomic mass is 15.4. The second-order valence-corrected chi connectivity index (χ2v) is 4.24. The summed E-state index contributed by atoms with van der Waals surface area (Å²) >= 11 is 0. The van der Waals surface area contributed by atoms with Crippen molar-refractivity contribution in [3.63, 3.8) is 0 Å². The van der Waals surface area contributed by atoms with Crippen LogP contribution < -0.4 is 5.32 Å². The van der Waals surface area contributed by atoms with Crippen LogP contribution >= 0.6 is 0 Å². The minimum atomic E-state index is 0.680. The van der Waals surface area contributed by atoms with Crippen LogP contribution in [0.1, 0.15) is 12.5 Å². The molecule has 0 saturated carbocycles. The third kappa shape index (κ3) is 2.01. The minimum absolute atomic E-state index is 0.680. The second kappa shape index (κ2) is 4.64. The molecule has 1 N–H and O–H groups in total. The van der Waals surface area contributed by atoms with E-state index in [0.717, 1.165) is 23.4 Å². The first-order valence-corrected chi connectivity index (χ1v) is 6.16. The normalized spacial score (nSPS) is 10.8. The number of para-hydroxylation sites is 1. The molecule has 0 amide bonds. The fraction of sp³-hybridized carbons (Fsp3) is 0.231. The molecule has 0 radical (unpaired) electrons. The van der Waals surface area contributed by atoms with Crippen molar-refractivity contribution in [2.45, 2.75) is 20.4 Å². The van der Waals surface area contributed by atoms with Gasteiger partial charge in [0.25, 0.3) is 0 Å². The van der Waals surface area contributed by atoms with E-state index in [1.54, 1.807) is 4.68 Å². The summed E-state index contributed by atoms with van der Waals surface area (Å²) in [6.07, 6.45) is 1.53. The van der Waals surface area contributed by atoms with Crippen molar-refractivity contribution in [3.05, 3.63) is 36.2 Å². The van der Waals surface area contributed by atoms with Crippen LogP contribution in [0.2, 0.25) is 0 Å². The lowest BCUT2D eigenvalue weighted by Gasteiger charge is -2.08. The van der Waals surface area contributed by atoms with Crippen molar-refractivity contribution >= 4 is 22.7 Å². The lowest BCUT2D eigenvalue weighted by molar-refractivity contribution is 0.641. The van der Waals surface area contributed by atoms with E-state index >= 15 is 0 Å². The Hall–Kier alpha value is -2.50. The predicted octanol–water partition coefficient (Wildman–Crippen LogP) is 2.29. The molecule has 0 aliphatic carbocycles. The maximum absolute atomic E-state index is 4.25. The van der Waals surface area contributed by atoms with E-state index in [0.29, 0.717) is 11.3 Å². The number of aromatic nitrogens is 5. The Morgan fingerprint density at radius 2 is 2.05 bits per heavy atom. The van der Waals surface area contributed by atoms with Crippen molar-refractivity contribution < 1.29 is 0 Å². The second-order valence-electron chi connectivity index (χ2n) is 4.24. The van der Waals surface area contributed by atoms with E-state index in [9.17, 15) is 0 Å². The molecule has 96 valence electrons. The first kappa shape index (κ1) is 11.6. The number of benzene rings is 1. The maximum Gasteiger partial charge on any atom is 0.183 e. The van der Waals surface area contributed by atoms with E-state index in [1.165, 1.54) is 6.33 Å². The monoisotopic (exact) mass is 254 g/mol. The SMILES string of the molecule is CCn1nnc2c(Nc3ccccc3C)ncnc21. The molecule has 0 bridgehead atoms. The first-order chi connectivity index (χ1) is 9.29. The molecule has 6 nitrogen and oxygen atoms in total. The Balaban J connectivity index is 2.06. The summed E-state index contributed by atoms with van der Waals surface area (Å²) < 4.78 is 1.75. The highest BCUT2D eigenvalue weighted by Gasteiger charge is 2.11. The van der Waals surface area contributed by atoms with E-state index in [1.807, 2.05) is 38.1 Å². The molecule has 3 rings (SSSR count). The number of nitrogens with zero attached hydrogens (tertiary/aromatic N) is 5. The van der Waals surface area contributed by atoms with Gasteiger partial charge in [-0.2, -0.15) is 0 Å². The third-order valence-corrected chi connectivity index (χ3v) is 3.00. The van der Waals surface area contributed by atoms with Gasteiger partial charge in [-0.3, -0.25) is 0 Å². The van der Waals surface area contributed by atoms with Gasteiger partial charge < -0.3 is 5.32 Å². The fourth-order valence-corrected chi connectivity index (χ4v) is 1.94. The quantitative estimate of drug-likeness (QED) is 0.776. The number of anilines is 2. The van der Waals surface area contributed by atoms with Gasteiger partial charge in [0.05, 0.1) is 0 Å². The lowest BCUT2D eigenvalue weighted by Crippen LogP contribution is -2.00. The first-order valence-electron chi connectivity index (χ1n) is 6.16. The number of rotatable bonds is 3. The van der Waals surface area contributed by atoms with E-state index < -0.39 is 0 Å². The smallest absolute Gasteiger partial charge is 0.183 e. The molecule has 0 spiro atoms. The van der Waals surface area contributed by atoms with Crippen LogP contribution in [0.4, 0.5) is 11.5 Å². The van der Waals surface area contributed by atoms with Crippen molar-refractivity contribution in [2.24, 2.45) is 0 Å². The highest BCUT2D eigenvalue weighted by molar-refractivity contribution is 5.84. The van der Waals surface area contributed by atoms with Gasteiger partial charge in [0.2, 0.25) is 0 Å². The fourth-order valence-electron chi connectivity index (χ4n) is 1.94. The van der Waals surface area contributed by atoms with Crippen LogP contribution in [-0.2, 0) is 6.54 Å². The molecular weight excluding hydrogens is 240 g/mol. The molecule has 0 atom stereocenters. The minimum Gasteiger partial charge on any atom is -0.338 e. The van der Waals surface area contributed by atoms with Gasteiger partial charge in [0.1, 0.15) is 6.33 Å². The lowest BCUT2D eigenvalue weighted by atomic mass is 10.2. The molecule has 1 aromatic carbocycles. The summed E-state index contributed by atoms with van der Waals surface area (Å²) in [5, 5.41) is 11.5. The van der Waals surface area contributed by atoms with Gasteiger partial charge in [0, 0.05) is 12.2 Å². The molecule has 6 heteroatoms. The van der Waals surface area contributed by atoms with Crippen LogP contribution in [0.15, 0.2) is 30.6 Å². The Labute approximate surface area is 110 Å². The van der Waals surface area contributed by atoms with Crippen molar-refractivity contribution in [1.29, 1.82) is 0 Å². The van der Waals surface area contributed by atoms with Gasteiger partial charge in [0.15, 0.2) is 17.0 Å². The summed E-state index contributed by atoms with van der Waals surface area (Å²) in [6, 6.07) is 8.04. The van der Waals surface area contributed by atoms with Crippen molar-refractivity contribution in [3.8, 4) is 0 Å². The molecule has 2 aromatic heterocycles. The van der Waals surface area contributed by atoms with Crippen LogP contribution in [0.5, 0.6) is 0 Å². The zero-order valence-corrected chi connectivity index (χ0v) is 10.8. The van der Waals surface area contributed by atoms with Gasteiger partial charge in [-0.15, -0.1) is 5.10 Å². The average molecular weight is 254 g/mol. The van der Waals surface area contributed by atoms with Crippen LogP contribution in [-0.4, -0.2) is 25.0 Å². The van der Waals surface area contributed by atoms with Gasteiger partial charge in [-0.05, 0) is 25.5 Å². The molecule has 19 heavy (non-hydrogen) atoms. The summed E-state index contributed by atoms with van der Waals surface area (Å²) in [6.45, 7) is 4.78. The maximum atomic E-state index is 4.25. The van der Waals surface area contributed by atoms with Crippen molar-refractivity contribution in [2.75, 3.05) is 5.32 Å². The number of nitrogens with one attached hydrogen (secondary N) is 1. The summed E-state index contributed by atoms with van der Waals surface area (Å²) in [4.78, 5) is 8.48. The zero-order valence-electron chi connectivity index (χ0n) is 10.8. The number of aryl methyl sites for hydroxylation is 2. The molecule has 2 heterocycles. The molecule has 0 saturated heterocycles. The third-order valence-electron chi connectivity index (χ3n) is 3.00. The Morgan fingerprint density at radius 3 is 2.84 bits per heavy atom. The Bertz CT molecular complexity index is 718. The van der Waals surface area contributed by atoms with Crippen LogP contribution in [0, 0.1) is 6.92 Å². The highest BCUT2D eigenvalue weighted by Crippen LogP contribution is 2.22. The van der Waals surface area contributed by atoms with Gasteiger partial charge in [-0.25, -0.2) is 14.6 Å². The Morgan fingerprint density at radius 1 is 1.21 bits per heavy atom. The molecule has 0 aliphatic heterocycles. The standard InChI is InChI=1S/C13H14N6/c1-3-19-13-11(17-18-19)12(14-8-15-13)16-10-7-5-4-6-9(10)2/h4-8H,3H2,1-2H3,(H,14,15,16). The number of hydrogen-bond acceptors (Lipinski definition) is 5. The van der Waals surface area contributed by atoms with E-state index in [2.05, 4.69) is 25.6 Å². The van der Waals surface area contributed by atoms with E-state index in [-0.39, 0.29) is 0 Å². The molecule has 0 aliphatic rings. The average Bonchev–Trinajstić information content (AvgIpc) is 2.85. The van der Waals surface area contributed by atoms with E-state index in [4.69, 9.17) is 0 Å². The molecule has 0 unspecified atom stereocenters. The summed E-state index contributed by atoms with van der Waals surface area (Å²) in [7, 11) is 0. The number of hydrogen-bond donors (Lipinski definition) is 1. The summed E-state index contributed by atoms with van der Waals surface area (Å²) in [5.74, 6) is 0.680.